The second-order valence-corrected chi connectivity index (χ2v) is 7.55. The number of halogens is 3. The zero-order chi connectivity index (χ0) is 10.9. The van der Waals surface area contributed by atoms with Gasteiger partial charge < -0.3 is 0 Å². The van der Waals surface area contributed by atoms with Crippen molar-refractivity contribution in [3.05, 3.63) is 28.4 Å². The summed E-state index contributed by atoms with van der Waals surface area (Å²) in [6, 6.07) is 4.52. The summed E-state index contributed by atoms with van der Waals surface area (Å²) in [4.78, 5) is 0. The second-order valence-electron chi connectivity index (χ2n) is 3.98. The first-order valence-electron chi connectivity index (χ1n) is 4.53. The van der Waals surface area contributed by atoms with Crippen molar-refractivity contribution >= 4 is 67.8 Å². The van der Waals surface area contributed by atoms with Crippen LogP contribution in [0.15, 0.2) is 12.1 Å². The molecule has 0 saturated heterocycles. The van der Waals surface area contributed by atoms with E-state index in [2.05, 4.69) is 101 Å². The van der Waals surface area contributed by atoms with E-state index in [0.29, 0.717) is 0 Å². The molecule has 3 heteroatoms. The zero-order valence-corrected chi connectivity index (χ0v) is 15.0. The maximum atomic E-state index is 2.45. The van der Waals surface area contributed by atoms with E-state index < -0.39 is 0 Å². The quantitative estimate of drug-likeness (QED) is 0.466. The van der Waals surface area contributed by atoms with Crippen LogP contribution in [-0.4, -0.2) is 0 Å². The van der Waals surface area contributed by atoms with Crippen LogP contribution in [0, 0.1) is 10.7 Å². The normalized spacial score (nSPS) is 11.9. The van der Waals surface area contributed by atoms with Gasteiger partial charge in [0.1, 0.15) is 0 Å². The van der Waals surface area contributed by atoms with E-state index in [9.17, 15) is 0 Å². The van der Waals surface area contributed by atoms with Gasteiger partial charge in [0.25, 0.3) is 0 Å². The van der Waals surface area contributed by atoms with E-state index in [1.807, 2.05) is 0 Å². The van der Waals surface area contributed by atoms with Crippen molar-refractivity contribution in [3.8, 4) is 0 Å². The Hall–Kier alpha value is 1.41. The molecule has 0 aliphatic rings. The molecule has 0 N–H and O–H groups in total. The molecule has 14 heavy (non-hydrogen) atoms. The van der Waals surface area contributed by atoms with Gasteiger partial charge in [-0.2, -0.15) is 0 Å². The standard InChI is InChI=1S/C11H13I3/c1-4-11(2,3)10-8(13)5-7(12)6-9(10)14/h5-6H,4H2,1-3H3. The van der Waals surface area contributed by atoms with Crippen LogP contribution in [0.5, 0.6) is 0 Å². The number of rotatable bonds is 2. The maximum Gasteiger partial charge on any atom is 0.0188 e. The smallest absolute Gasteiger partial charge is 0.0188 e. The predicted molar refractivity (Wildman–Crippen MR) is 87.9 cm³/mol. The summed E-state index contributed by atoms with van der Waals surface area (Å²) >= 11 is 7.28. The second kappa shape index (κ2) is 5.16. The fraction of sp³-hybridized carbons (Fsp3) is 0.455. The van der Waals surface area contributed by atoms with E-state index in [1.54, 1.807) is 0 Å². The lowest BCUT2D eigenvalue weighted by atomic mass is 9.82. The van der Waals surface area contributed by atoms with Crippen molar-refractivity contribution in [2.45, 2.75) is 32.6 Å². The average Bonchev–Trinajstić information content (AvgIpc) is 2.01. The molecule has 0 bridgehead atoms. The van der Waals surface area contributed by atoms with Crippen LogP contribution in [0.2, 0.25) is 0 Å². The Morgan fingerprint density at radius 2 is 1.50 bits per heavy atom. The SMILES string of the molecule is CCC(C)(C)c1c(I)cc(I)cc1I. The van der Waals surface area contributed by atoms with Crippen LogP contribution in [-0.2, 0) is 5.41 Å². The first-order chi connectivity index (χ1) is 6.38. The van der Waals surface area contributed by atoms with Crippen molar-refractivity contribution in [2.24, 2.45) is 0 Å². The number of hydrogen-bond acceptors (Lipinski definition) is 0. The minimum absolute atomic E-state index is 0.289. The fourth-order valence-corrected chi connectivity index (χ4v) is 6.41. The summed E-state index contributed by atoms with van der Waals surface area (Å²) in [7, 11) is 0. The first kappa shape index (κ1) is 13.5. The Kier molecular flexibility index (Phi) is 4.97. The molecule has 0 unspecified atom stereocenters. The molecule has 1 aromatic carbocycles. The highest BCUT2D eigenvalue weighted by Gasteiger charge is 2.23. The van der Waals surface area contributed by atoms with Gasteiger partial charge in [0, 0.05) is 10.7 Å². The largest absolute Gasteiger partial charge is 0.0646 e. The van der Waals surface area contributed by atoms with Gasteiger partial charge in [0.05, 0.1) is 0 Å². The lowest BCUT2D eigenvalue weighted by Crippen LogP contribution is -2.19. The van der Waals surface area contributed by atoms with Gasteiger partial charge in [-0.15, -0.1) is 0 Å². The summed E-state index contributed by atoms with van der Waals surface area (Å²) in [6.07, 6.45) is 1.18. The molecule has 0 nitrogen and oxygen atoms in total. The fourth-order valence-electron chi connectivity index (χ4n) is 1.37. The van der Waals surface area contributed by atoms with Crippen LogP contribution in [0.3, 0.4) is 0 Å². The van der Waals surface area contributed by atoms with Gasteiger partial charge in [-0.05, 0) is 97.3 Å². The molecule has 1 rings (SSSR count). The molecule has 0 saturated carbocycles. The lowest BCUT2D eigenvalue weighted by molar-refractivity contribution is 0.501. The summed E-state index contributed by atoms with van der Waals surface area (Å²) in [6.45, 7) is 6.89. The van der Waals surface area contributed by atoms with Crippen LogP contribution >= 0.6 is 67.8 Å². The van der Waals surface area contributed by atoms with Crippen molar-refractivity contribution in [1.82, 2.24) is 0 Å². The summed E-state index contributed by atoms with van der Waals surface area (Å²) in [5.74, 6) is 0. The zero-order valence-electron chi connectivity index (χ0n) is 8.50. The third-order valence-corrected chi connectivity index (χ3v) is 4.89. The van der Waals surface area contributed by atoms with Gasteiger partial charge in [-0.3, -0.25) is 0 Å². The van der Waals surface area contributed by atoms with E-state index in [-0.39, 0.29) is 5.41 Å². The van der Waals surface area contributed by atoms with Crippen molar-refractivity contribution in [2.75, 3.05) is 0 Å². The first-order valence-corrected chi connectivity index (χ1v) is 7.77. The van der Waals surface area contributed by atoms with Gasteiger partial charge in [-0.25, -0.2) is 0 Å². The van der Waals surface area contributed by atoms with Gasteiger partial charge in [0.15, 0.2) is 0 Å². The maximum absolute atomic E-state index is 2.45. The summed E-state index contributed by atoms with van der Waals surface area (Å²) in [5.41, 5.74) is 1.79. The molecule has 0 aliphatic carbocycles. The number of hydrogen-bond donors (Lipinski definition) is 0. The monoisotopic (exact) mass is 526 g/mol. The Labute approximate surface area is 127 Å². The predicted octanol–water partition coefficient (Wildman–Crippen LogP) is 5.19. The summed E-state index contributed by atoms with van der Waals surface area (Å²) in [5, 5.41) is 0. The van der Waals surface area contributed by atoms with Crippen LogP contribution < -0.4 is 0 Å². The minimum atomic E-state index is 0.289. The van der Waals surface area contributed by atoms with E-state index in [0.717, 1.165) is 0 Å². The molecular weight excluding hydrogens is 513 g/mol. The molecule has 1 aromatic rings. The van der Waals surface area contributed by atoms with E-state index in [1.165, 1.54) is 22.7 Å². The third-order valence-electron chi connectivity index (χ3n) is 2.57. The van der Waals surface area contributed by atoms with Crippen LogP contribution in [0.25, 0.3) is 0 Å². The Morgan fingerprint density at radius 3 is 1.86 bits per heavy atom. The van der Waals surface area contributed by atoms with Crippen molar-refractivity contribution in [3.63, 3.8) is 0 Å². The van der Waals surface area contributed by atoms with Crippen LogP contribution in [0.1, 0.15) is 32.8 Å². The Balaban J connectivity index is 3.35. The Bertz CT molecular complexity index is 319. The molecular formula is C11H13I3. The molecule has 0 atom stereocenters. The van der Waals surface area contributed by atoms with Crippen molar-refractivity contribution < 1.29 is 0 Å². The highest BCUT2D eigenvalue weighted by atomic mass is 127. The van der Waals surface area contributed by atoms with Gasteiger partial charge >= 0.3 is 0 Å². The minimum Gasteiger partial charge on any atom is -0.0646 e. The molecule has 0 aromatic heterocycles. The topological polar surface area (TPSA) is 0 Å². The number of benzene rings is 1. The molecule has 0 radical (unpaired) electrons. The summed E-state index contributed by atoms with van der Waals surface area (Å²) < 4.78 is 4.11. The highest BCUT2D eigenvalue weighted by Crippen LogP contribution is 2.35. The van der Waals surface area contributed by atoms with E-state index in [4.69, 9.17) is 0 Å². The highest BCUT2D eigenvalue weighted by molar-refractivity contribution is 14.1. The molecule has 0 aliphatic heterocycles. The molecule has 0 fully saturated rings. The van der Waals surface area contributed by atoms with Gasteiger partial charge in [-0.1, -0.05) is 20.8 Å². The molecule has 0 heterocycles. The molecule has 0 amide bonds. The van der Waals surface area contributed by atoms with Crippen LogP contribution in [0.4, 0.5) is 0 Å². The van der Waals surface area contributed by atoms with Crippen molar-refractivity contribution in [1.29, 1.82) is 0 Å². The Morgan fingerprint density at radius 1 is 1.07 bits per heavy atom. The van der Waals surface area contributed by atoms with E-state index >= 15 is 0 Å². The average molecular weight is 526 g/mol. The molecule has 78 valence electrons. The lowest BCUT2D eigenvalue weighted by Gasteiger charge is -2.26. The van der Waals surface area contributed by atoms with Gasteiger partial charge in [0.2, 0.25) is 0 Å². The third kappa shape index (κ3) is 2.96. The molecule has 0 spiro atoms.